The molecule has 156 valence electrons. The highest BCUT2D eigenvalue weighted by molar-refractivity contribution is 9.10. The first-order valence-electron chi connectivity index (χ1n) is 9.17. The fourth-order valence-corrected chi connectivity index (χ4v) is 4.40. The zero-order chi connectivity index (χ0) is 21.6. The largest absolute Gasteiger partial charge is 0.341 e. The molecule has 2 aromatic carbocycles. The molecule has 0 heterocycles. The van der Waals surface area contributed by atoms with Crippen LogP contribution in [0.2, 0.25) is 0 Å². The van der Waals surface area contributed by atoms with Gasteiger partial charge in [-0.3, -0.25) is 9.59 Å². The molecule has 0 saturated heterocycles. The van der Waals surface area contributed by atoms with Gasteiger partial charge < -0.3 is 4.90 Å². The number of ketones is 1. The van der Waals surface area contributed by atoms with Crippen LogP contribution in [0, 0.1) is 0 Å². The third kappa shape index (κ3) is 6.22. The second kappa shape index (κ2) is 10.1. The summed E-state index contributed by atoms with van der Waals surface area (Å²) in [5, 5.41) is 0. The molecule has 0 fully saturated rings. The second-order valence-corrected chi connectivity index (χ2v) is 9.75. The summed E-state index contributed by atoms with van der Waals surface area (Å²) >= 11 is 3.47. The summed E-state index contributed by atoms with van der Waals surface area (Å²) in [6.45, 7) is 2.14. The van der Waals surface area contributed by atoms with Crippen LogP contribution in [0.25, 0.3) is 0 Å². The highest BCUT2D eigenvalue weighted by atomic mass is 79.9. The van der Waals surface area contributed by atoms with Crippen molar-refractivity contribution in [2.24, 2.45) is 0 Å². The third-order valence-corrected chi connectivity index (χ3v) is 7.27. The van der Waals surface area contributed by atoms with Crippen LogP contribution in [0.4, 0.5) is 0 Å². The molecular formula is C21H25BrN2O4S. The smallest absolute Gasteiger partial charge is 0.242 e. The quantitative estimate of drug-likeness (QED) is 0.512. The van der Waals surface area contributed by atoms with Crippen LogP contribution in [0.3, 0.4) is 0 Å². The number of nitrogens with zero attached hydrogens (tertiary/aromatic N) is 2. The molecule has 0 spiro atoms. The van der Waals surface area contributed by atoms with Crippen molar-refractivity contribution in [3.05, 3.63) is 64.1 Å². The summed E-state index contributed by atoms with van der Waals surface area (Å²) in [4.78, 5) is 25.5. The van der Waals surface area contributed by atoms with Crippen LogP contribution >= 0.6 is 15.9 Å². The molecule has 8 heteroatoms. The van der Waals surface area contributed by atoms with Crippen molar-refractivity contribution in [3.63, 3.8) is 0 Å². The van der Waals surface area contributed by atoms with Gasteiger partial charge in [-0.25, -0.2) is 12.7 Å². The molecule has 2 rings (SSSR count). The lowest BCUT2D eigenvalue weighted by atomic mass is 10.2. The molecule has 0 radical (unpaired) electrons. The standard InChI is InChI=1S/C21H25BrN2O4S/c1-16(25)17-10-12-19(13-11-17)29(27,28)24(3)14-6-9-21(26)23(2)15-18-7-4-5-8-20(18)22/h4-5,7-8,10-13H,6,9,14-15H2,1-3H3. The number of sulfonamides is 1. The van der Waals surface area contributed by atoms with Crippen molar-refractivity contribution in [1.82, 2.24) is 9.21 Å². The van der Waals surface area contributed by atoms with Crippen molar-refractivity contribution in [3.8, 4) is 0 Å². The summed E-state index contributed by atoms with van der Waals surface area (Å²) < 4.78 is 27.5. The number of hydrogen-bond donors (Lipinski definition) is 0. The number of benzene rings is 2. The van der Waals surface area contributed by atoms with Gasteiger partial charge in [-0.1, -0.05) is 46.3 Å². The summed E-state index contributed by atoms with van der Waals surface area (Å²) in [6, 6.07) is 13.6. The van der Waals surface area contributed by atoms with Gasteiger partial charge in [-0.05, 0) is 37.1 Å². The van der Waals surface area contributed by atoms with E-state index < -0.39 is 10.0 Å². The van der Waals surface area contributed by atoms with Gasteiger partial charge in [0.15, 0.2) is 5.78 Å². The number of halogens is 1. The van der Waals surface area contributed by atoms with E-state index in [9.17, 15) is 18.0 Å². The maximum Gasteiger partial charge on any atom is 0.242 e. The molecule has 2 aromatic rings. The third-order valence-electron chi connectivity index (χ3n) is 4.62. The Morgan fingerprint density at radius 1 is 1.00 bits per heavy atom. The zero-order valence-electron chi connectivity index (χ0n) is 16.8. The Morgan fingerprint density at radius 2 is 1.62 bits per heavy atom. The van der Waals surface area contributed by atoms with Gasteiger partial charge in [0.2, 0.25) is 15.9 Å². The molecule has 0 aliphatic carbocycles. The Hall–Kier alpha value is -2.03. The minimum Gasteiger partial charge on any atom is -0.341 e. The first-order chi connectivity index (χ1) is 13.6. The van der Waals surface area contributed by atoms with E-state index in [1.54, 1.807) is 11.9 Å². The molecule has 6 nitrogen and oxygen atoms in total. The minimum absolute atomic E-state index is 0.0441. The SMILES string of the molecule is CC(=O)c1ccc(S(=O)(=O)N(C)CCCC(=O)N(C)Cc2ccccc2Br)cc1. The lowest BCUT2D eigenvalue weighted by molar-refractivity contribution is -0.130. The molecule has 0 aromatic heterocycles. The van der Waals surface area contributed by atoms with Gasteiger partial charge in [0.25, 0.3) is 0 Å². The van der Waals surface area contributed by atoms with E-state index in [2.05, 4.69) is 15.9 Å². The van der Waals surface area contributed by atoms with E-state index in [1.807, 2.05) is 24.3 Å². The Labute approximate surface area is 180 Å². The summed E-state index contributed by atoms with van der Waals surface area (Å²) in [5.74, 6) is -0.162. The van der Waals surface area contributed by atoms with Crippen molar-refractivity contribution >= 4 is 37.6 Å². The predicted molar refractivity (Wildman–Crippen MR) is 116 cm³/mol. The van der Waals surface area contributed by atoms with Crippen LogP contribution in [-0.4, -0.2) is 50.0 Å². The van der Waals surface area contributed by atoms with Gasteiger partial charge in [0.1, 0.15) is 0 Å². The maximum absolute atomic E-state index is 12.6. The van der Waals surface area contributed by atoms with E-state index in [4.69, 9.17) is 0 Å². The number of carbonyl (C=O) groups is 2. The van der Waals surface area contributed by atoms with Gasteiger partial charge in [-0.15, -0.1) is 0 Å². The fraction of sp³-hybridized carbons (Fsp3) is 0.333. The van der Waals surface area contributed by atoms with Crippen molar-refractivity contribution in [2.45, 2.75) is 31.2 Å². The average Bonchev–Trinajstić information content (AvgIpc) is 2.69. The number of Topliss-reactive ketones (excluding diaryl/α,β-unsaturated/α-hetero) is 1. The van der Waals surface area contributed by atoms with Gasteiger partial charge in [0, 0.05) is 43.6 Å². The number of amides is 1. The maximum atomic E-state index is 12.6. The lowest BCUT2D eigenvalue weighted by Gasteiger charge is -2.20. The molecule has 1 amide bonds. The van der Waals surface area contributed by atoms with Crippen LogP contribution in [0.15, 0.2) is 57.9 Å². The Kier molecular flexibility index (Phi) is 8.13. The number of hydrogen-bond acceptors (Lipinski definition) is 4. The molecule has 0 aliphatic rings. The first kappa shape index (κ1) is 23.3. The molecule has 0 aliphatic heterocycles. The summed E-state index contributed by atoms with van der Waals surface area (Å²) in [6.07, 6.45) is 0.671. The van der Waals surface area contributed by atoms with Crippen LogP contribution in [0.1, 0.15) is 35.7 Å². The lowest BCUT2D eigenvalue weighted by Crippen LogP contribution is -2.30. The van der Waals surface area contributed by atoms with Gasteiger partial charge in [0.05, 0.1) is 4.90 Å². The van der Waals surface area contributed by atoms with E-state index in [1.165, 1.54) is 42.5 Å². The van der Waals surface area contributed by atoms with Crippen molar-refractivity contribution in [2.75, 3.05) is 20.6 Å². The topological polar surface area (TPSA) is 74.8 Å². The van der Waals surface area contributed by atoms with Crippen LogP contribution in [0.5, 0.6) is 0 Å². The normalized spacial score (nSPS) is 11.5. The Morgan fingerprint density at radius 3 is 2.21 bits per heavy atom. The second-order valence-electron chi connectivity index (χ2n) is 6.85. The summed E-state index contributed by atoms with van der Waals surface area (Å²) in [7, 11) is -0.438. The Balaban J connectivity index is 1.89. The minimum atomic E-state index is -3.66. The Bertz CT molecular complexity index is 974. The number of carbonyl (C=O) groups excluding carboxylic acids is 2. The monoisotopic (exact) mass is 480 g/mol. The molecule has 0 atom stereocenters. The molecule has 0 saturated carbocycles. The van der Waals surface area contributed by atoms with Crippen LogP contribution in [-0.2, 0) is 21.4 Å². The highest BCUT2D eigenvalue weighted by Crippen LogP contribution is 2.18. The van der Waals surface area contributed by atoms with E-state index >= 15 is 0 Å². The van der Waals surface area contributed by atoms with Gasteiger partial charge in [-0.2, -0.15) is 0 Å². The molecule has 0 N–H and O–H groups in total. The molecule has 0 bridgehead atoms. The van der Waals surface area contributed by atoms with E-state index in [-0.39, 0.29) is 29.6 Å². The molecule has 0 unspecified atom stereocenters. The summed E-state index contributed by atoms with van der Waals surface area (Å²) in [5.41, 5.74) is 1.47. The van der Waals surface area contributed by atoms with Crippen LogP contribution < -0.4 is 0 Å². The zero-order valence-corrected chi connectivity index (χ0v) is 19.2. The number of rotatable bonds is 9. The van der Waals surface area contributed by atoms with E-state index in [0.29, 0.717) is 18.5 Å². The van der Waals surface area contributed by atoms with Crippen molar-refractivity contribution < 1.29 is 18.0 Å². The highest BCUT2D eigenvalue weighted by Gasteiger charge is 2.21. The van der Waals surface area contributed by atoms with Gasteiger partial charge >= 0.3 is 0 Å². The molecule has 29 heavy (non-hydrogen) atoms. The van der Waals surface area contributed by atoms with E-state index in [0.717, 1.165) is 10.0 Å². The van der Waals surface area contributed by atoms with Crippen molar-refractivity contribution in [1.29, 1.82) is 0 Å². The molecular weight excluding hydrogens is 456 g/mol. The fourth-order valence-electron chi connectivity index (χ4n) is 2.78. The first-order valence-corrected chi connectivity index (χ1v) is 11.4. The predicted octanol–water partition coefficient (Wildman–Crippen LogP) is 3.71. The average molecular weight is 481 g/mol.